The van der Waals surface area contributed by atoms with E-state index in [1.165, 1.54) is 6.33 Å². The minimum absolute atomic E-state index is 0.215. The molecule has 6 heteroatoms. The second-order valence-corrected chi connectivity index (χ2v) is 6.08. The van der Waals surface area contributed by atoms with Crippen molar-refractivity contribution in [3.8, 4) is 16.9 Å². The summed E-state index contributed by atoms with van der Waals surface area (Å²) < 4.78 is 2.10. The van der Waals surface area contributed by atoms with Crippen molar-refractivity contribution < 1.29 is 10.2 Å². The van der Waals surface area contributed by atoms with Crippen molar-refractivity contribution in [2.75, 3.05) is 5.73 Å². The van der Waals surface area contributed by atoms with Crippen LogP contribution in [0.3, 0.4) is 0 Å². The minimum Gasteiger partial charge on any atom is -0.508 e. The van der Waals surface area contributed by atoms with E-state index in [0.29, 0.717) is 5.82 Å². The fourth-order valence-corrected chi connectivity index (χ4v) is 3.43. The highest BCUT2D eigenvalue weighted by atomic mass is 16.3. The zero-order valence-electron chi connectivity index (χ0n) is 12.6. The molecular weight excluding hydrogens is 292 g/mol. The number of aromatic nitrogens is 3. The molecule has 0 aliphatic heterocycles. The van der Waals surface area contributed by atoms with Crippen LogP contribution in [-0.4, -0.2) is 30.9 Å². The van der Waals surface area contributed by atoms with E-state index in [2.05, 4.69) is 14.5 Å². The lowest BCUT2D eigenvalue weighted by Gasteiger charge is -2.12. The van der Waals surface area contributed by atoms with Gasteiger partial charge in [0, 0.05) is 17.8 Å². The maximum atomic E-state index is 9.84. The molecule has 2 heterocycles. The first-order chi connectivity index (χ1) is 11.1. The van der Waals surface area contributed by atoms with Crippen LogP contribution in [0.2, 0.25) is 0 Å². The Morgan fingerprint density at radius 1 is 1.13 bits per heavy atom. The van der Waals surface area contributed by atoms with Crippen LogP contribution in [0.15, 0.2) is 36.8 Å². The number of anilines is 1. The van der Waals surface area contributed by atoms with Gasteiger partial charge in [-0.2, -0.15) is 0 Å². The summed E-state index contributed by atoms with van der Waals surface area (Å²) in [7, 11) is 0. The van der Waals surface area contributed by atoms with Gasteiger partial charge in [0.15, 0.2) is 0 Å². The Bertz CT molecular complexity index is 857. The summed E-state index contributed by atoms with van der Waals surface area (Å²) in [5.74, 6) is 0.663. The molecule has 1 aliphatic rings. The summed E-state index contributed by atoms with van der Waals surface area (Å²) in [6, 6.07) is 7.22. The molecular formula is C17H18N4O2. The van der Waals surface area contributed by atoms with Gasteiger partial charge in [-0.1, -0.05) is 12.1 Å². The van der Waals surface area contributed by atoms with Gasteiger partial charge in [-0.25, -0.2) is 9.97 Å². The Hall–Kier alpha value is -2.60. The number of phenolic OH excluding ortho intramolecular Hbond substituents is 1. The SMILES string of the molecule is Nc1ncnc2c1c(-c1ccc(O)cc1)cn2C1CCC(O)C1. The lowest BCUT2D eigenvalue weighted by molar-refractivity contribution is 0.178. The molecule has 6 nitrogen and oxygen atoms in total. The van der Waals surface area contributed by atoms with E-state index in [0.717, 1.165) is 41.4 Å². The first-order valence-corrected chi connectivity index (χ1v) is 7.72. The molecule has 1 aromatic carbocycles. The Balaban J connectivity index is 1.92. The third kappa shape index (κ3) is 2.31. The number of aliphatic hydroxyl groups excluding tert-OH is 1. The number of nitrogens with zero attached hydrogens (tertiary/aromatic N) is 3. The number of nitrogen functional groups attached to an aromatic ring is 1. The normalized spacial score (nSPS) is 21.1. The quantitative estimate of drug-likeness (QED) is 0.675. The fourth-order valence-electron chi connectivity index (χ4n) is 3.43. The van der Waals surface area contributed by atoms with Crippen LogP contribution in [0, 0.1) is 0 Å². The molecule has 23 heavy (non-hydrogen) atoms. The highest BCUT2D eigenvalue weighted by molar-refractivity contribution is 6.00. The third-order valence-electron chi connectivity index (χ3n) is 4.59. The van der Waals surface area contributed by atoms with Gasteiger partial charge in [0.05, 0.1) is 11.5 Å². The Morgan fingerprint density at radius 2 is 1.91 bits per heavy atom. The minimum atomic E-state index is -0.256. The van der Waals surface area contributed by atoms with Crippen molar-refractivity contribution in [3.63, 3.8) is 0 Å². The summed E-state index contributed by atoms with van der Waals surface area (Å²) >= 11 is 0. The zero-order chi connectivity index (χ0) is 16.0. The van der Waals surface area contributed by atoms with Crippen LogP contribution in [0.5, 0.6) is 5.75 Å². The molecule has 1 saturated carbocycles. The summed E-state index contributed by atoms with van der Waals surface area (Å²) in [5, 5.41) is 20.2. The van der Waals surface area contributed by atoms with Crippen LogP contribution in [-0.2, 0) is 0 Å². The van der Waals surface area contributed by atoms with E-state index in [4.69, 9.17) is 5.73 Å². The number of aromatic hydroxyl groups is 1. The number of benzene rings is 1. The molecule has 1 aliphatic carbocycles. The van der Waals surface area contributed by atoms with E-state index in [-0.39, 0.29) is 17.9 Å². The molecule has 0 bridgehead atoms. The number of hydrogen-bond acceptors (Lipinski definition) is 5. The van der Waals surface area contributed by atoms with Gasteiger partial charge in [-0.15, -0.1) is 0 Å². The van der Waals surface area contributed by atoms with Gasteiger partial charge in [0.2, 0.25) is 0 Å². The fraction of sp³-hybridized carbons (Fsp3) is 0.294. The van der Waals surface area contributed by atoms with E-state index < -0.39 is 0 Å². The predicted molar refractivity (Wildman–Crippen MR) is 87.9 cm³/mol. The van der Waals surface area contributed by atoms with E-state index >= 15 is 0 Å². The lowest BCUT2D eigenvalue weighted by Crippen LogP contribution is -2.07. The van der Waals surface area contributed by atoms with Gasteiger partial charge in [0.25, 0.3) is 0 Å². The number of fused-ring (bicyclic) bond motifs is 1. The molecule has 2 aromatic heterocycles. The second kappa shape index (κ2) is 5.24. The van der Waals surface area contributed by atoms with Crippen molar-refractivity contribution in [1.29, 1.82) is 0 Å². The smallest absolute Gasteiger partial charge is 0.146 e. The molecule has 3 aromatic rings. The Labute approximate surface area is 133 Å². The maximum absolute atomic E-state index is 9.84. The van der Waals surface area contributed by atoms with Crippen LogP contribution < -0.4 is 5.73 Å². The van der Waals surface area contributed by atoms with Gasteiger partial charge in [0.1, 0.15) is 23.5 Å². The zero-order valence-corrected chi connectivity index (χ0v) is 12.6. The summed E-state index contributed by atoms with van der Waals surface area (Å²) in [6.07, 6.45) is 5.70. The highest BCUT2D eigenvalue weighted by Crippen LogP contribution is 2.38. The van der Waals surface area contributed by atoms with Crippen molar-refractivity contribution in [2.45, 2.75) is 31.4 Å². The number of phenols is 1. The first kappa shape index (κ1) is 14.0. The van der Waals surface area contributed by atoms with Crippen LogP contribution in [0.25, 0.3) is 22.2 Å². The van der Waals surface area contributed by atoms with Gasteiger partial charge >= 0.3 is 0 Å². The third-order valence-corrected chi connectivity index (χ3v) is 4.59. The van der Waals surface area contributed by atoms with Crippen molar-refractivity contribution >= 4 is 16.9 Å². The Kier molecular flexibility index (Phi) is 3.20. The summed E-state index contributed by atoms with van der Waals surface area (Å²) in [5.41, 5.74) is 8.79. The number of aliphatic hydroxyl groups is 1. The molecule has 1 fully saturated rings. The largest absolute Gasteiger partial charge is 0.508 e. The van der Waals surface area contributed by atoms with Crippen LogP contribution in [0.4, 0.5) is 5.82 Å². The molecule has 0 spiro atoms. The van der Waals surface area contributed by atoms with Gasteiger partial charge in [-0.3, -0.25) is 0 Å². The van der Waals surface area contributed by atoms with Crippen LogP contribution >= 0.6 is 0 Å². The number of rotatable bonds is 2. The molecule has 118 valence electrons. The van der Waals surface area contributed by atoms with Crippen molar-refractivity contribution in [2.24, 2.45) is 0 Å². The second-order valence-electron chi connectivity index (χ2n) is 6.08. The standard InChI is InChI=1S/C17H18N4O2/c18-16-15-14(10-1-4-12(22)5-2-10)8-21(17(15)20-9-19-16)11-3-6-13(23)7-11/h1-2,4-5,8-9,11,13,22-23H,3,6-7H2,(H2,18,19,20). The molecule has 4 N–H and O–H groups in total. The van der Waals surface area contributed by atoms with Crippen molar-refractivity contribution in [3.05, 3.63) is 36.8 Å². The number of nitrogens with two attached hydrogens (primary N) is 1. The first-order valence-electron chi connectivity index (χ1n) is 7.72. The Morgan fingerprint density at radius 3 is 2.61 bits per heavy atom. The monoisotopic (exact) mass is 310 g/mol. The van der Waals surface area contributed by atoms with E-state index in [1.54, 1.807) is 12.1 Å². The summed E-state index contributed by atoms with van der Waals surface area (Å²) in [4.78, 5) is 8.54. The highest BCUT2D eigenvalue weighted by Gasteiger charge is 2.27. The van der Waals surface area contributed by atoms with Gasteiger partial charge < -0.3 is 20.5 Å². The topological polar surface area (TPSA) is 97.2 Å². The number of hydrogen-bond donors (Lipinski definition) is 3. The molecule has 0 amide bonds. The molecule has 4 rings (SSSR count). The average Bonchev–Trinajstić information content (AvgIpc) is 3.13. The van der Waals surface area contributed by atoms with Crippen molar-refractivity contribution in [1.82, 2.24) is 14.5 Å². The molecule has 2 unspecified atom stereocenters. The average molecular weight is 310 g/mol. The molecule has 0 radical (unpaired) electrons. The molecule has 0 saturated heterocycles. The summed E-state index contributed by atoms with van der Waals surface area (Å²) in [6.45, 7) is 0. The van der Waals surface area contributed by atoms with E-state index in [9.17, 15) is 10.2 Å². The van der Waals surface area contributed by atoms with Gasteiger partial charge in [-0.05, 0) is 37.0 Å². The van der Waals surface area contributed by atoms with Crippen LogP contribution in [0.1, 0.15) is 25.3 Å². The lowest BCUT2D eigenvalue weighted by atomic mass is 10.1. The predicted octanol–water partition coefficient (Wildman–Crippen LogP) is 2.47. The van der Waals surface area contributed by atoms with E-state index in [1.807, 2.05) is 18.3 Å². The molecule has 2 atom stereocenters. The maximum Gasteiger partial charge on any atom is 0.146 e.